The van der Waals surface area contributed by atoms with Crippen molar-refractivity contribution in [3.05, 3.63) is 86.2 Å². The average molecular weight is 495 g/mol. The summed E-state index contributed by atoms with van der Waals surface area (Å²) in [5, 5.41) is 3.07. The Balaban J connectivity index is 1.55. The van der Waals surface area contributed by atoms with Gasteiger partial charge in [-0.2, -0.15) is 0 Å². The maximum atomic E-state index is 13.6. The van der Waals surface area contributed by atoms with Crippen molar-refractivity contribution in [2.45, 2.75) is 38.6 Å². The fourth-order valence-electron chi connectivity index (χ4n) is 4.26. The second-order valence-corrected chi connectivity index (χ2v) is 9.49. The minimum Gasteiger partial charge on any atom is -0.494 e. The zero-order chi connectivity index (χ0) is 23.7. The molecule has 0 saturated carbocycles. The van der Waals surface area contributed by atoms with Crippen molar-refractivity contribution in [1.29, 1.82) is 0 Å². The van der Waals surface area contributed by atoms with Gasteiger partial charge in [-0.25, -0.2) is 4.98 Å². The van der Waals surface area contributed by atoms with Crippen LogP contribution < -0.4 is 15.1 Å². The van der Waals surface area contributed by atoms with Crippen LogP contribution in [-0.2, 0) is 0 Å². The first kappa shape index (κ1) is 22.6. The van der Waals surface area contributed by atoms with Crippen molar-refractivity contribution >= 4 is 44.9 Å². The summed E-state index contributed by atoms with van der Waals surface area (Å²) in [6.07, 6.45) is 6.17. The molecular weight excluding hydrogens is 472 g/mol. The minimum atomic E-state index is -0.660. The Hall–Kier alpha value is -3.16. The second kappa shape index (κ2) is 9.60. The molecule has 1 amide bonds. The first-order chi connectivity index (χ1) is 16.6. The SMILES string of the molecule is CCCCCCOc1ccc(C2c3c(oc4ccc(Cl)cc4c3=O)C(=O)N2c2nccs2)cc1. The number of fused-ring (bicyclic) bond motifs is 2. The van der Waals surface area contributed by atoms with Gasteiger partial charge in [-0.1, -0.05) is 49.9 Å². The maximum absolute atomic E-state index is 13.6. The highest BCUT2D eigenvalue weighted by atomic mass is 35.5. The second-order valence-electron chi connectivity index (χ2n) is 8.18. The fourth-order valence-corrected chi connectivity index (χ4v) is 5.10. The van der Waals surface area contributed by atoms with Crippen LogP contribution >= 0.6 is 22.9 Å². The van der Waals surface area contributed by atoms with E-state index in [0.29, 0.717) is 33.3 Å². The molecule has 6 nitrogen and oxygen atoms in total. The topological polar surface area (TPSA) is 72.6 Å². The number of carbonyl (C=O) groups is 1. The number of aromatic nitrogens is 1. The lowest BCUT2D eigenvalue weighted by molar-refractivity contribution is 0.0971. The smallest absolute Gasteiger partial charge is 0.297 e. The van der Waals surface area contributed by atoms with Crippen molar-refractivity contribution in [2.75, 3.05) is 11.5 Å². The van der Waals surface area contributed by atoms with Crippen LogP contribution in [0.25, 0.3) is 11.0 Å². The molecule has 1 aliphatic heterocycles. The lowest BCUT2D eigenvalue weighted by atomic mass is 9.98. The van der Waals surface area contributed by atoms with Gasteiger partial charge in [-0.05, 0) is 42.3 Å². The molecule has 0 radical (unpaired) electrons. The number of carbonyl (C=O) groups excluding carboxylic acids is 1. The number of anilines is 1. The van der Waals surface area contributed by atoms with Crippen LogP contribution in [0.15, 0.2) is 63.3 Å². The summed E-state index contributed by atoms with van der Waals surface area (Å²) in [7, 11) is 0. The Labute approximate surface area is 205 Å². The third-order valence-electron chi connectivity index (χ3n) is 5.92. The normalized spacial score (nSPS) is 15.2. The van der Waals surface area contributed by atoms with Crippen molar-refractivity contribution < 1.29 is 13.9 Å². The summed E-state index contributed by atoms with van der Waals surface area (Å²) in [6.45, 7) is 2.84. The third kappa shape index (κ3) is 4.10. The van der Waals surface area contributed by atoms with Crippen LogP contribution in [-0.4, -0.2) is 17.5 Å². The van der Waals surface area contributed by atoms with E-state index in [-0.39, 0.29) is 17.1 Å². The summed E-state index contributed by atoms with van der Waals surface area (Å²) in [5.74, 6) is 0.402. The van der Waals surface area contributed by atoms with E-state index in [0.717, 1.165) is 24.2 Å². The molecule has 0 spiro atoms. The predicted molar refractivity (Wildman–Crippen MR) is 134 cm³/mol. The molecule has 174 valence electrons. The van der Waals surface area contributed by atoms with Gasteiger partial charge in [0.1, 0.15) is 11.3 Å². The van der Waals surface area contributed by atoms with Gasteiger partial charge < -0.3 is 9.15 Å². The van der Waals surface area contributed by atoms with Crippen LogP contribution in [0.2, 0.25) is 5.02 Å². The van der Waals surface area contributed by atoms with Crippen molar-refractivity contribution in [2.24, 2.45) is 0 Å². The van der Waals surface area contributed by atoms with E-state index in [1.807, 2.05) is 24.3 Å². The lowest BCUT2D eigenvalue weighted by Gasteiger charge is -2.22. The summed E-state index contributed by atoms with van der Waals surface area (Å²) < 4.78 is 11.8. The Kier molecular flexibility index (Phi) is 6.39. The third-order valence-corrected chi connectivity index (χ3v) is 6.93. The first-order valence-electron chi connectivity index (χ1n) is 11.3. The Bertz CT molecular complexity index is 1380. The fraction of sp³-hybridized carbons (Fsp3) is 0.269. The standard InChI is InChI=1S/C26H23ClN2O4S/c1-2-3-4-5-13-32-18-9-6-16(7-10-18)22-21-23(30)19-15-17(27)8-11-20(19)33-24(21)25(31)29(22)26-28-12-14-34-26/h6-12,14-15,22H,2-5,13H2,1H3. The molecule has 0 fully saturated rings. The van der Waals surface area contributed by atoms with Gasteiger partial charge in [0.15, 0.2) is 10.6 Å². The molecule has 0 saturated heterocycles. The number of hydrogen-bond acceptors (Lipinski definition) is 6. The van der Waals surface area contributed by atoms with Gasteiger partial charge >= 0.3 is 0 Å². The van der Waals surface area contributed by atoms with Crippen molar-refractivity contribution in [3.8, 4) is 5.75 Å². The van der Waals surface area contributed by atoms with E-state index in [4.69, 9.17) is 20.8 Å². The molecule has 0 N–H and O–H groups in total. The Morgan fingerprint density at radius 1 is 1.12 bits per heavy atom. The van der Waals surface area contributed by atoms with Crippen LogP contribution in [0.1, 0.15) is 60.3 Å². The highest BCUT2D eigenvalue weighted by Gasteiger charge is 2.44. The summed E-state index contributed by atoms with van der Waals surface area (Å²) >= 11 is 7.47. The molecule has 3 heterocycles. The van der Waals surface area contributed by atoms with Gasteiger partial charge in [0.25, 0.3) is 5.91 Å². The molecule has 1 atom stereocenters. The van der Waals surface area contributed by atoms with E-state index >= 15 is 0 Å². The van der Waals surface area contributed by atoms with Crippen molar-refractivity contribution in [1.82, 2.24) is 4.98 Å². The summed E-state index contributed by atoms with van der Waals surface area (Å²) in [6, 6.07) is 11.7. The average Bonchev–Trinajstić information content (AvgIpc) is 3.47. The number of rotatable bonds is 8. The highest BCUT2D eigenvalue weighted by molar-refractivity contribution is 7.13. The largest absolute Gasteiger partial charge is 0.494 e. The molecule has 34 heavy (non-hydrogen) atoms. The molecule has 4 aromatic rings. The van der Waals surface area contributed by atoms with E-state index in [1.165, 1.54) is 29.1 Å². The molecular formula is C26H23ClN2O4S. The minimum absolute atomic E-state index is 0.0382. The molecule has 1 unspecified atom stereocenters. The lowest BCUT2D eigenvalue weighted by Crippen LogP contribution is -2.29. The van der Waals surface area contributed by atoms with E-state index < -0.39 is 6.04 Å². The predicted octanol–water partition coefficient (Wildman–Crippen LogP) is 6.61. The van der Waals surface area contributed by atoms with Crippen LogP contribution in [0.3, 0.4) is 0 Å². The summed E-state index contributed by atoms with van der Waals surface area (Å²) in [4.78, 5) is 32.9. The molecule has 0 aliphatic carbocycles. The number of halogens is 1. The number of benzene rings is 2. The zero-order valence-electron chi connectivity index (χ0n) is 18.6. The molecule has 5 rings (SSSR count). The van der Waals surface area contributed by atoms with Gasteiger partial charge in [0.2, 0.25) is 5.76 Å². The number of amides is 1. The van der Waals surface area contributed by atoms with Crippen LogP contribution in [0, 0.1) is 0 Å². The summed E-state index contributed by atoms with van der Waals surface area (Å²) in [5.41, 5.74) is 1.12. The quantitative estimate of drug-likeness (QED) is 0.258. The molecule has 2 aromatic carbocycles. The van der Waals surface area contributed by atoms with Gasteiger partial charge in [0.05, 0.1) is 23.6 Å². The Morgan fingerprint density at radius 3 is 2.68 bits per heavy atom. The van der Waals surface area contributed by atoms with Crippen LogP contribution in [0.5, 0.6) is 5.75 Å². The molecule has 0 bridgehead atoms. The van der Waals surface area contributed by atoms with E-state index in [1.54, 1.807) is 29.8 Å². The number of hydrogen-bond donors (Lipinski definition) is 0. The number of nitrogens with zero attached hydrogens (tertiary/aromatic N) is 2. The highest BCUT2D eigenvalue weighted by Crippen LogP contribution is 2.42. The first-order valence-corrected chi connectivity index (χ1v) is 12.6. The van der Waals surface area contributed by atoms with Gasteiger partial charge in [-0.15, -0.1) is 11.3 Å². The maximum Gasteiger partial charge on any atom is 0.297 e. The number of thiazole rings is 1. The molecule has 1 aliphatic rings. The molecule has 8 heteroatoms. The number of unbranched alkanes of at least 4 members (excludes halogenated alkanes) is 3. The monoisotopic (exact) mass is 494 g/mol. The Morgan fingerprint density at radius 2 is 1.94 bits per heavy atom. The molecule has 2 aromatic heterocycles. The van der Waals surface area contributed by atoms with Gasteiger partial charge in [0, 0.05) is 16.6 Å². The van der Waals surface area contributed by atoms with Crippen molar-refractivity contribution in [3.63, 3.8) is 0 Å². The van der Waals surface area contributed by atoms with E-state index in [9.17, 15) is 9.59 Å². The number of ether oxygens (including phenoxy) is 1. The van der Waals surface area contributed by atoms with Gasteiger partial charge in [-0.3, -0.25) is 14.5 Å². The van der Waals surface area contributed by atoms with Crippen LogP contribution in [0.4, 0.5) is 5.13 Å². The zero-order valence-corrected chi connectivity index (χ0v) is 20.2. The van der Waals surface area contributed by atoms with E-state index in [2.05, 4.69) is 11.9 Å².